The van der Waals surface area contributed by atoms with Gasteiger partial charge in [0.2, 0.25) is 0 Å². The van der Waals surface area contributed by atoms with Crippen LogP contribution in [0.4, 0.5) is 0 Å². The fourth-order valence-corrected chi connectivity index (χ4v) is 2.81. The third-order valence-electron chi connectivity index (χ3n) is 3.73. The van der Waals surface area contributed by atoms with Gasteiger partial charge in [-0.15, -0.1) is 0 Å². The van der Waals surface area contributed by atoms with Gasteiger partial charge in [-0.1, -0.05) is 12.8 Å². The molecule has 0 saturated heterocycles. The predicted octanol–water partition coefficient (Wildman–Crippen LogP) is 2.56. The maximum Gasteiger partial charge on any atom is 0.0947 e. The van der Waals surface area contributed by atoms with Gasteiger partial charge in [0.05, 0.1) is 12.5 Å². The molecule has 14 heavy (non-hydrogen) atoms. The summed E-state index contributed by atoms with van der Waals surface area (Å²) in [5, 5.41) is 3.66. The van der Waals surface area contributed by atoms with Crippen LogP contribution in [-0.2, 0) is 6.54 Å². The van der Waals surface area contributed by atoms with Crippen LogP contribution < -0.4 is 5.32 Å². The summed E-state index contributed by atoms with van der Waals surface area (Å²) < 4.78 is 5.05. The van der Waals surface area contributed by atoms with Crippen LogP contribution in [0.2, 0.25) is 0 Å². The Labute approximate surface area is 84.7 Å². The molecule has 2 heteroatoms. The summed E-state index contributed by atoms with van der Waals surface area (Å²) in [5.41, 5.74) is 1.27. The Hall–Kier alpha value is -0.760. The van der Waals surface area contributed by atoms with E-state index < -0.39 is 0 Å². The highest BCUT2D eigenvalue weighted by Crippen LogP contribution is 2.49. The number of rotatable bonds is 3. The topological polar surface area (TPSA) is 25.2 Å². The van der Waals surface area contributed by atoms with Gasteiger partial charge in [0, 0.05) is 18.2 Å². The van der Waals surface area contributed by atoms with E-state index in [-0.39, 0.29) is 0 Å². The van der Waals surface area contributed by atoms with Crippen molar-refractivity contribution in [2.45, 2.75) is 38.3 Å². The number of nitrogens with one attached hydrogen (secondary N) is 1. The van der Waals surface area contributed by atoms with Crippen LogP contribution in [0.1, 0.15) is 31.2 Å². The zero-order chi connectivity index (χ0) is 9.38. The first kappa shape index (κ1) is 8.54. The molecule has 3 atom stereocenters. The van der Waals surface area contributed by atoms with E-state index in [2.05, 4.69) is 5.32 Å². The van der Waals surface area contributed by atoms with Crippen molar-refractivity contribution in [3.63, 3.8) is 0 Å². The highest BCUT2D eigenvalue weighted by Gasteiger charge is 2.44. The normalized spacial score (nSPS) is 35.3. The number of furan rings is 1. The van der Waals surface area contributed by atoms with E-state index in [1.165, 1.54) is 31.2 Å². The molecular formula is C12H17NO. The second-order valence-corrected chi connectivity index (χ2v) is 4.71. The van der Waals surface area contributed by atoms with Gasteiger partial charge in [0.15, 0.2) is 0 Å². The van der Waals surface area contributed by atoms with E-state index >= 15 is 0 Å². The Morgan fingerprint density at radius 3 is 3.29 bits per heavy atom. The van der Waals surface area contributed by atoms with Crippen LogP contribution in [0.25, 0.3) is 0 Å². The van der Waals surface area contributed by atoms with Crippen LogP contribution in [0.15, 0.2) is 23.0 Å². The van der Waals surface area contributed by atoms with Crippen molar-refractivity contribution in [2.75, 3.05) is 0 Å². The number of fused-ring (bicyclic) bond motifs is 1. The summed E-state index contributed by atoms with van der Waals surface area (Å²) in [6, 6.07) is 2.82. The van der Waals surface area contributed by atoms with Gasteiger partial charge < -0.3 is 9.73 Å². The molecule has 2 fully saturated rings. The van der Waals surface area contributed by atoms with Crippen molar-refractivity contribution >= 4 is 0 Å². The standard InChI is InChI=1S/C12H17NO/c1-2-10-6-11(10)12(3-1)13-7-9-4-5-14-8-9/h4-5,8,10-13H,1-3,6-7H2. The quantitative estimate of drug-likeness (QED) is 0.794. The number of hydrogen-bond donors (Lipinski definition) is 1. The van der Waals surface area contributed by atoms with E-state index in [4.69, 9.17) is 4.42 Å². The van der Waals surface area contributed by atoms with Crippen LogP contribution in [0, 0.1) is 11.8 Å². The smallest absolute Gasteiger partial charge is 0.0947 e. The minimum atomic E-state index is 0.781. The highest BCUT2D eigenvalue weighted by molar-refractivity contribution is 5.06. The SMILES string of the molecule is c1cc(CNC2CCCC3CC32)co1. The first-order valence-corrected chi connectivity index (χ1v) is 5.68. The van der Waals surface area contributed by atoms with Crippen molar-refractivity contribution < 1.29 is 4.42 Å². The van der Waals surface area contributed by atoms with Gasteiger partial charge in [-0.3, -0.25) is 0 Å². The molecule has 1 N–H and O–H groups in total. The fraction of sp³-hybridized carbons (Fsp3) is 0.667. The van der Waals surface area contributed by atoms with E-state index in [1.807, 2.05) is 12.3 Å². The molecule has 3 unspecified atom stereocenters. The van der Waals surface area contributed by atoms with Gasteiger partial charge in [-0.25, -0.2) is 0 Å². The molecule has 0 radical (unpaired) electrons. The lowest BCUT2D eigenvalue weighted by Crippen LogP contribution is -2.32. The minimum Gasteiger partial charge on any atom is -0.472 e. The summed E-state index contributed by atoms with van der Waals surface area (Å²) in [5.74, 6) is 2.06. The van der Waals surface area contributed by atoms with E-state index in [0.717, 1.165) is 24.4 Å². The first-order chi connectivity index (χ1) is 6.93. The lowest BCUT2D eigenvalue weighted by atomic mass is 9.95. The average Bonchev–Trinajstić information content (AvgIpc) is 2.83. The fourth-order valence-electron chi connectivity index (χ4n) is 2.81. The lowest BCUT2D eigenvalue weighted by molar-refractivity contribution is 0.352. The third kappa shape index (κ3) is 1.59. The van der Waals surface area contributed by atoms with Crippen molar-refractivity contribution in [2.24, 2.45) is 11.8 Å². The molecule has 2 aliphatic rings. The summed E-state index contributed by atoms with van der Waals surface area (Å²) in [7, 11) is 0. The second kappa shape index (κ2) is 3.43. The van der Waals surface area contributed by atoms with E-state index in [9.17, 15) is 0 Å². The van der Waals surface area contributed by atoms with Crippen molar-refractivity contribution in [3.05, 3.63) is 24.2 Å². The second-order valence-electron chi connectivity index (χ2n) is 4.71. The van der Waals surface area contributed by atoms with Crippen LogP contribution in [0.3, 0.4) is 0 Å². The molecule has 1 aromatic rings. The maximum absolute atomic E-state index is 5.05. The van der Waals surface area contributed by atoms with Gasteiger partial charge >= 0.3 is 0 Å². The molecule has 0 amide bonds. The van der Waals surface area contributed by atoms with Crippen molar-refractivity contribution in [1.29, 1.82) is 0 Å². The molecule has 76 valence electrons. The predicted molar refractivity (Wildman–Crippen MR) is 54.8 cm³/mol. The van der Waals surface area contributed by atoms with Gasteiger partial charge in [-0.05, 0) is 30.7 Å². The van der Waals surface area contributed by atoms with Gasteiger partial charge in [0.25, 0.3) is 0 Å². The summed E-state index contributed by atoms with van der Waals surface area (Å²) in [6.45, 7) is 0.977. The van der Waals surface area contributed by atoms with Crippen molar-refractivity contribution in [3.8, 4) is 0 Å². The molecule has 0 spiro atoms. The summed E-state index contributed by atoms with van der Waals surface area (Å²) in [4.78, 5) is 0. The molecule has 0 aromatic carbocycles. The molecule has 1 heterocycles. The summed E-state index contributed by atoms with van der Waals surface area (Å²) >= 11 is 0. The minimum absolute atomic E-state index is 0.781. The molecule has 0 aliphatic heterocycles. The largest absolute Gasteiger partial charge is 0.472 e. The monoisotopic (exact) mass is 191 g/mol. The molecule has 2 aliphatic carbocycles. The van der Waals surface area contributed by atoms with Crippen LogP contribution >= 0.6 is 0 Å². The molecule has 2 saturated carbocycles. The zero-order valence-corrected chi connectivity index (χ0v) is 8.41. The Bertz CT molecular complexity index is 293. The Kier molecular flexibility index (Phi) is 2.09. The van der Waals surface area contributed by atoms with E-state index in [1.54, 1.807) is 6.26 Å². The van der Waals surface area contributed by atoms with Gasteiger partial charge in [-0.2, -0.15) is 0 Å². The Morgan fingerprint density at radius 1 is 1.43 bits per heavy atom. The van der Waals surface area contributed by atoms with Crippen LogP contribution in [-0.4, -0.2) is 6.04 Å². The van der Waals surface area contributed by atoms with Crippen LogP contribution in [0.5, 0.6) is 0 Å². The average molecular weight is 191 g/mol. The zero-order valence-electron chi connectivity index (χ0n) is 8.41. The Morgan fingerprint density at radius 2 is 2.43 bits per heavy atom. The first-order valence-electron chi connectivity index (χ1n) is 5.68. The molecule has 1 aromatic heterocycles. The van der Waals surface area contributed by atoms with Crippen molar-refractivity contribution in [1.82, 2.24) is 5.32 Å². The molecular weight excluding hydrogens is 174 g/mol. The van der Waals surface area contributed by atoms with E-state index in [0.29, 0.717) is 0 Å². The summed E-state index contributed by atoms with van der Waals surface area (Å²) in [6.07, 6.45) is 9.33. The molecule has 2 nitrogen and oxygen atoms in total. The lowest BCUT2D eigenvalue weighted by Gasteiger charge is -2.22. The Balaban J connectivity index is 1.52. The highest BCUT2D eigenvalue weighted by atomic mass is 16.3. The molecule has 0 bridgehead atoms. The molecule has 3 rings (SSSR count). The van der Waals surface area contributed by atoms with Gasteiger partial charge in [0.1, 0.15) is 0 Å². The number of hydrogen-bond acceptors (Lipinski definition) is 2. The maximum atomic E-state index is 5.05. The third-order valence-corrected chi connectivity index (χ3v) is 3.73.